The van der Waals surface area contributed by atoms with Gasteiger partial charge in [-0.2, -0.15) is 52.7 Å². The zero-order chi connectivity index (χ0) is 39.1. The first-order valence-corrected chi connectivity index (χ1v) is 15.1. The van der Waals surface area contributed by atoms with Gasteiger partial charge in [-0.3, -0.25) is 0 Å². The highest BCUT2D eigenvalue weighted by atomic mass is 19.4. The summed E-state index contributed by atoms with van der Waals surface area (Å²) in [6, 6.07) is 15.1. The first-order chi connectivity index (χ1) is 25.2. The van der Waals surface area contributed by atoms with Crippen LogP contribution in [0.4, 0.5) is 75.4 Å². The molecular weight excluding hydrogens is 748 g/mol. The van der Waals surface area contributed by atoms with E-state index in [9.17, 15) is 52.7 Å². The molecule has 0 spiro atoms. The fourth-order valence-electron chi connectivity index (χ4n) is 4.75. The molecule has 4 N–H and O–H groups in total. The number of anilines is 4. The van der Waals surface area contributed by atoms with E-state index in [1.54, 1.807) is 0 Å². The van der Waals surface area contributed by atoms with Crippen molar-refractivity contribution in [2.24, 2.45) is 20.0 Å². The lowest BCUT2D eigenvalue weighted by Crippen LogP contribution is -2.27. The number of halogens is 12. The number of amidine groups is 4. The second-order valence-electron chi connectivity index (χ2n) is 11.3. The van der Waals surface area contributed by atoms with Gasteiger partial charge >= 0.3 is 24.7 Å². The summed E-state index contributed by atoms with van der Waals surface area (Å²) in [5, 5.41) is 11.1. The molecule has 2 heterocycles. The van der Waals surface area contributed by atoms with Gasteiger partial charge < -0.3 is 21.3 Å². The Kier molecular flexibility index (Phi) is 9.63. The Morgan fingerprint density at radius 3 is 0.593 bits per heavy atom. The largest absolute Gasteiger partial charge is 0.416 e. The molecule has 6 rings (SSSR count). The van der Waals surface area contributed by atoms with E-state index in [-0.39, 0.29) is 57.7 Å². The van der Waals surface area contributed by atoms with E-state index < -0.39 is 47.0 Å². The zero-order valence-electron chi connectivity index (χ0n) is 26.6. The highest BCUT2D eigenvalue weighted by Gasteiger charge is 2.33. The summed E-state index contributed by atoms with van der Waals surface area (Å²) in [5.41, 5.74) is -3.39. The van der Waals surface area contributed by atoms with E-state index in [1.165, 1.54) is 0 Å². The Morgan fingerprint density at radius 1 is 0.278 bits per heavy atom. The summed E-state index contributed by atoms with van der Waals surface area (Å²) in [4.78, 5) is 17.3. The molecule has 0 aromatic heterocycles. The minimum Gasteiger partial charge on any atom is -0.337 e. The molecule has 4 aromatic rings. The molecule has 0 aliphatic carbocycles. The Morgan fingerprint density at radius 2 is 0.444 bits per heavy atom. The van der Waals surface area contributed by atoms with Crippen LogP contribution in [-0.4, -0.2) is 23.3 Å². The lowest BCUT2D eigenvalue weighted by Gasteiger charge is -2.12. The van der Waals surface area contributed by atoms with Crippen molar-refractivity contribution < 1.29 is 52.7 Å². The molecule has 0 atom stereocenters. The monoisotopic (exact) mass is 768 g/mol. The number of nitrogens with zero attached hydrogens (tertiary/aromatic N) is 4. The maximum atomic E-state index is 13.1. The Hall–Kier alpha value is -6.34. The van der Waals surface area contributed by atoms with Crippen LogP contribution >= 0.6 is 0 Å². The molecule has 0 saturated carbocycles. The second-order valence-corrected chi connectivity index (χ2v) is 11.3. The molecule has 54 heavy (non-hydrogen) atoms. The first kappa shape index (κ1) is 37.4. The molecule has 0 amide bonds. The van der Waals surface area contributed by atoms with Crippen LogP contribution in [0.2, 0.25) is 0 Å². The summed E-state index contributed by atoms with van der Waals surface area (Å²) < 4.78 is 158. The van der Waals surface area contributed by atoms with Gasteiger partial charge in [0.1, 0.15) is 0 Å². The van der Waals surface area contributed by atoms with Crippen LogP contribution in [0.25, 0.3) is 0 Å². The predicted octanol–water partition coefficient (Wildman–Crippen LogP) is 10.3. The van der Waals surface area contributed by atoms with Gasteiger partial charge in [-0.1, -0.05) is 0 Å². The number of rotatable bonds is 4. The maximum Gasteiger partial charge on any atom is 0.416 e. The van der Waals surface area contributed by atoms with Crippen LogP contribution in [-0.2, 0) is 24.7 Å². The number of aliphatic imine (C=N–C) groups is 4. The van der Waals surface area contributed by atoms with Crippen molar-refractivity contribution in [3.8, 4) is 0 Å². The molecule has 0 radical (unpaired) electrons. The molecule has 4 aromatic carbocycles. The third-order valence-electron chi connectivity index (χ3n) is 7.42. The van der Waals surface area contributed by atoms with E-state index in [1.807, 2.05) is 0 Å². The maximum absolute atomic E-state index is 13.1. The average Bonchev–Trinajstić information content (AvgIpc) is 3.67. The molecule has 8 nitrogen and oxygen atoms in total. The Labute approximate surface area is 295 Å². The SMILES string of the molecule is FC(F)(F)c1ccc(NC2=NC(=C3N=C(Nc4ccc(C(F)(F)F)cc4)C(Nc4ccc(C(F)(F)F)cc4)=N3)N=C2Nc2ccc(C(F)(F)F)cc2)cc1. The van der Waals surface area contributed by atoms with Crippen LogP contribution in [0.5, 0.6) is 0 Å². The lowest BCUT2D eigenvalue weighted by molar-refractivity contribution is -0.138. The number of nitrogens with one attached hydrogen (secondary N) is 4. The molecule has 0 fully saturated rings. The van der Waals surface area contributed by atoms with Gasteiger partial charge in [0.05, 0.1) is 22.3 Å². The summed E-state index contributed by atoms with van der Waals surface area (Å²) >= 11 is 0. The molecule has 0 saturated heterocycles. The van der Waals surface area contributed by atoms with E-state index in [0.29, 0.717) is 0 Å². The standard InChI is InChI=1S/C34H20F12N8/c35-31(36,37)17-1-9-21(10-2-17)47-25-26(48-22-11-3-18(4-12-22)32(38,39)40)52-29(51-25)30-53-27(49-23-13-5-19(6-14-23)33(41,42)43)28(54-30)50-24-15-7-20(8-16-24)34(44,45)46/h1-16H,(H,47,51)(H,48,52)(H,49,53)(H,50,54). The van der Waals surface area contributed by atoms with Gasteiger partial charge in [-0.05, 0) is 97.1 Å². The van der Waals surface area contributed by atoms with Crippen LogP contribution < -0.4 is 21.3 Å². The lowest BCUT2D eigenvalue weighted by atomic mass is 10.2. The first-order valence-electron chi connectivity index (χ1n) is 15.1. The molecular formula is C34H20F12N8. The molecule has 0 unspecified atom stereocenters. The topological polar surface area (TPSA) is 97.6 Å². The molecule has 280 valence electrons. The zero-order valence-corrected chi connectivity index (χ0v) is 26.6. The quantitative estimate of drug-likeness (QED) is 0.156. The van der Waals surface area contributed by atoms with Gasteiger partial charge in [0, 0.05) is 22.7 Å². The summed E-state index contributed by atoms with van der Waals surface area (Å²) in [7, 11) is 0. The van der Waals surface area contributed by atoms with E-state index in [4.69, 9.17) is 0 Å². The normalized spacial score (nSPS) is 15.0. The molecule has 2 aliphatic heterocycles. The van der Waals surface area contributed by atoms with Crippen LogP contribution in [0.3, 0.4) is 0 Å². The number of alkyl halides is 12. The van der Waals surface area contributed by atoms with Crippen LogP contribution in [0, 0.1) is 0 Å². The highest BCUT2D eigenvalue weighted by molar-refractivity contribution is 6.51. The number of hydrogen-bond acceptors (Lipinski definition) is 8. The Bertz CT molecular complexity index is 1860. The van der Waals surface area contributed by atoms with Gasteiger partial charge in [0.25, 0.3) is 0 Å². The molecule has 2 aliphatic rings. The van der Waals surface area contributed by atoms with E-state index in [2.05, 4.69) is 41.2 Å². The fraction of sp³-hybridized carbons (Fsp3) is 0.118. The van der Waals surface area contributed by atoms with Gasteiger partial charge in [0.2, 0.25) is 11.6 Å². The van der Waals surface area contributed by atoms with Crippen molar-refractivity contribution in [2.45, 2.75) is 24.7 Å². The van der Waals surface area contributed by atoms with E-state index in [0.717, 1.165) is 97.1 Å². The van der Waals surface area contributed by atoms with Gasteiger partial charge in [0.15, 0.2) is 23.3 Å². The van der Waals surface area contributed by atoms with Crippen molar-refractivity contribution in [2.75, 3.05) is 21.3 Å². The van der Waals surface area contributed by atoms with E-state index >= 15 is 0 Å². The summed E-state index contributed by atoms with van der Waals surface area (Å²) in [6.45, 7) is 0. The smallest absolute Gasteiger partial charge is 0.337 e. The minimum atomic E-state index is -4.63. The van der Waals surface area contributed by atoms with Crippen molar-refractivity contribution in [3.05, 3.63) is 131 Å². The van der Waals surface area contributed by atoms with Crippen molar-refractivity contribution >= 4 is 46.1 Å². The fourth-order valence-corrected chi connectivity index (χ4v) is 4.75. The Balaban J connectivity index is 1.38. The van der Waals surface area contributed by atoms with Gasteiger partial charge in [-0.15, -0.1) is 0 Å². The van der Waals surface area contributed by atoms with Gasteiger partial charge in [-0.25, -0.2) is 20.0 Å². The second kappa shape index (κ2) is 13.9. The third-order valence-corrected chi connectivity index (χ3v) is 7.42. The number of hydrogen-bond donors (Lipinski definition) is 4. The molecule has 20 heteroatoms. The minimum absolute atomic E-state index is 0.0997. The predicted molar refractivity (Wildman–Crippen MR) is 177 cm³/mol. The molecule has 0 bridgehead atoms. The summed E-state index contributed by atoms with van der Waals surface area (Å²) in [5.74, 6) is -1.05. The summed E-state index contributed by atoms with van der Waals surface area (Å²) in [6.07, 6.45) is -18.5. The van der Waals surface area contributed by atoms with Crippen molar-refractivity contribution in [1.82, 2.24) is 0 Å². The highest BCUT2D eigenvalue weighted by Crippen LogP contribution is 2.34. The number of benzene rings is 4. The van der Waals surface area contributed by atoms with Crippen LogP contribution in [0.15, 0.2) is 129 Å². The third kappa shape index (κ3) is 8.81. The van der Waals surface area contributed by atoms with Crippen molar-refractivity contribution in [1.29, 1.82) is 0 Å². The average molecular weight is 769 g/mol. The van der Waals surface area contributed by atoms with Crippen LogP contribution in [0.1, 0.15) is 22.3 Å². The van der Waals surface area contributed by atoms with Crippen molar-refractivity contribution in [3.63, 3.8) is 0 Å².